The number of aromatic amines is 1. The van der Waals surface area contributed by atoms with E-state index in [-0.39, 0.29) is 0 Å². The standard InChI is InChI=1S/C27H28F3N5O3/c1-17-31-23(15-24(32-17)38-16-18-6-12-21(37-3)13-7-18)25-22(33-35-34-25)5-4-14-26(2,36)19-8-10-20(11-9-19)27(28,29)30/h6-13,15,36H,4-5,14,16H2,1-3H3,(H,33,34,35). The summed E-state index contributed by atoms with van der Waals surface area (Å²) in [5.41, 5.74) is 1.11. The first-order valence-electron chi connectivity index (χ1n) is 12.0. The second-order valence-electron chi connectivity index (χ2n) is 9.12. The number of methoxy groups -OCH3 is 1. The maximum absolute atomic E-state index is 12.9. The summed E-state index contributed by atoms with van der Waals surface area (Å²) in [7, 11) is 1.61. The van der Waals surface area contributed by atoms with Crippen LogP contribution < -0.4 is 9.47 Å². The summed E-state index contributed by atoms with van der Waals surface area (Å²) in [6.45, 7) is 3.65. The number of rotatable bonds is 10. The van der Waals surface area contributed by atoms with Crippen LogP contribution in [0, 0.1) is 6.92 Å². The SMILES string of the molecule is COc1ccc(COc2cc(-c3nn[nH]c3CCCC(C)(O)c3ccc(C(F)(F)F)cc3)nc(C)n2)cc1. The van der Waals surface area contributed by atoms with Gasteiger partial charge in [-0.1, -0.05) is 29.5 Å². The van der Waals surface area contributed by atoms with Gasteiger partial charge in [0, 0.05) is 6.07 Å². The molecule has 0 aliphatic heterocycles. The molecule has 0 amide bonds. The number of H-pyrrole nitrogens is 1. The van der Waals surface area contributed by atoms with E-state index >= 15 is 0 Å². The van der Waals surface area contributed by atoms with Gasteiger partial charge in [0.1, 0.15) is 23.9 Å². The van der Waals surface area contributed by atoms with Crippen LogP contribution in [0.25, 0.3) is 11.4 Å². The van der Waals surface area contributed by atoms with E-state index in [1.54, 1.807) is 27.0 Å². The number of nitrogens with zero attached hydrogens (tertiary/aromatic N) is 4. The Balaban J connectivity index is 1.40. The van der Waals surface area contributed by atoms with E-state index in [4.69, 9.17) is 9.47 Å². The van der Waals surface area contributed by atoms with Crippen molar-refractivity contribution in [2.24, 2.45) is 0 Å². The number of hydrogen-bond acceptors (Lipinski definition) is 7. The molecule has 0 saturated heterocycles. The van der Waals surface area contributed by atoms with Crippen LogP contribution in [0.5, 0.6) is 11.6 Å². The molecule has 4 aromatic rings. The zero-order valence-corrected chi connectivity index (χ0v) is 21.2. The molecule has 2 aromatic carbocycles. The third kappa shape index (κ3) is 6.65. The quantitative estimate of drug-likeness (QED) is 0.284. The molecule has 38 heavy (non-hydrogen) atoms. The van der Waals surface area contributed by atoms with Crippen LogP contribution in [-0.2, 0) is 24.8 Å². The number of benzene rings is 2. The molecule has 0 saturated carbocycles. The van der Waals surface area contributed by atoms with E-state index < -0.39 is 17.3 Å². The Hall–Kier alpha value is -3.99. The van der Waals surface area contributed by atoms with Crippen LogP contribution in [0.4, 0.5) is 13.2 Å². The lowest BCUT2D eigenvalue weighted by Gasteiger charge is -2.24. The van der Waals surface area contributed by atoms with Crippen molar-refractivity contribution in [3.63, 3.8) is 0 Å². The van der Waals surface area contributed by atoms with Crippen LogP contribution in [0.2, 0.25) is 0 Å². The minimum atomic E-state index is -4.42. The van der Waals surface area contributed by atoms with Gasteiger partial charge in [0.15, 0.2) is 0 Å². The normalized spacial score (nSPS) is 13.2. The highest BCUT2D eigenvalue weighted by molar-refractivity contribution is 5.57. The molecular formula is C27H28F3N5O3. The fourth-order valence-corrected chi connectivity index (χ4v) is 4.02. The largest absolute Gasteiger partial charge is 0.497 e. The molecule has 0 aliphatic carbocycles. The summed E-state index contributed by atoms with van der Waals surface area (Å²) in [5.74, 6) is 1.65. The molecule has 200 valence electrons. The zero-order valence-electron chi connectivity index (χ0n) is 21.2. The minimum absolute atomic E-state index is 0.310. The molecule has 0 fully saturated rings. The van der Waals surface area contributed by atoms with Crippen LogP contribution in [0.1, 0.15) is 48.0 Å². The highest BCUT2D eigenvalue weighted by Gasteiger charge is 2.31. The lowest BCUT2D eigenvalue weighted by atomic mass is 9.89. The van der Waals surface area contributed by atoms with Gasteiger partial charge >= 0.3 is 6.18 Å². The van der Waals surface area contributed by atoms with Crippen molar-refractivity contribution in [3.8, 4) is 23.0 Å². The summed E-state index contributed by atoms with van der Waals surface area (Å²) < 4.78 is 49.6. The van der Waals surface area contributed by atoms with Crippen molar-refractivity contribution >= 4 is 0 Å². The third-order valence-electron chi connectivity index (χ3n) is 6.15. The van der Waals surface area contributed by atoms with E-state index in [9.17, 15) is 18.3 Å². The number of hydrogen-bond donors (Lipinski definition) is 2. The second-order valence-corrected chi connectivity index (χ2v) is 9.12. The third-order valence-corrected chi connectivity index (χ3v) is 6.15. The lowest BCUT2D eigenvalue weighted by Crippen LogP contribution is -2.21. The topological polar surface area (TPSA) is 106 Å². The Morgan fingerprint density at radius 2 is 1.66 bits per heavy atom. The number of ether oxygens (including phenoxy) is 2. The fraction of sp³-hybridized carbons (Fsp3) is 0.333. The highest BCUT2D eigenvalue weighted by atomic mass is 19.4. The van der Waals surface area contributed by atoms with E-state index in [0.29, 0.717) is 60.2 Å². The van der Waals surface area contributed by atoms with Crippen LogP contribution >= 0.6 is 0 Å². The molecule has 8 nitrogen and oxygen atoms in total. The van der Waals surface area contributed by atoms with Gasteiger partial charge in [0.25, 0.3) is 0 Å². The predicted molar refractivity (Wildman–Crippen MR) is 133 cm³/mol. The van der Waals surface area contributed by atoms with E-state index in [0.717, 1.165) is 23.4 Å². The number of aryl methyl sites for hydroxylation is 2. The van der Waals surface area contributed by atoms with Crippen molar-refractivity contribution in [1.29, 1.82) is 0 Å². The van der Waals surface area contributed by atoms with Crippen molar-refractivity contribution < 1.29 is 27.8 Å². The van der Waals surface area contributed by atoms with Gasteiger partial charge in [-0.15, -0.1) is 5.10 Å². The summed E-state index contributed by atoms with van der Waals surface area (Å²) in [5, 5.41) is 21.9. The lowest BCUT2D eigenvalue weighted by molar-refractivity contribution is -0.137. The molecule has 4 rings (SSSR count). The number of aromatic nitrogens is 5. The van der Waals surface area contributed by atoms with Crippen LogP contribution in [0.15, 0.2) is 54.6 Å². The maximum Gasteiger partial charge on any atom is 0.416 e. The van der Waals surface area contributed by atoms with Crippen LogP contribution in [-0.4, -0.2) is 37.6 Å². The van der Waals surface area contributed by atoms with Gasteiger partial charge in [-0.3, -0.25) is 5.10 Å². The molecule has 2 N–H and O–H groups in total. The zero-order chi connectivity index (χ0) is 27.3. The van der Waals surface area contributed by atoms with E-state index in [1.807, 2.05) is 24.3 Å². The molecule has 2 aromatic heterocycles. The average Bonchev–Trinajstić information content (AvgIpc) is 3.35. The van der Waals surface area contributed by atoms with Crippen molar-refractivity contribution in [3.05, 3.63) is 82.8 Å². The Labute approximate surface area is 217 Å². The first kappa shape index (κ1) is 27.1. The molecule has 0 aliphatic rings. The monoisotopic (exact) mass is 527 g/mol. The summed E-state index contributed by atoms with van der Waals surface area (Å²) >= 11 is 0. The molecule has 1 atom stereocenters. The maximum atomic E-state index is 12.9. The van der Waals surface area contributed by atoms with Crippen LogP contribution in [0.3, 0.4) is 0 Å². The summed E-state index contributed by atoms with van der Waals surface area (Å²) in [4.78, 5) is 8.83. The second kappa shape index (κ2) is 11.2. The molecule has 11 heteroatoms. The fourth-order valence-electron chi connectivity index (χ4n) is 4.02. The average molecular weight is 528 g/mol. The van der Waals surface area contributed by atoms with Gasteiger partial charge < -0.3 is 14.6 Å². The number of halogens is 3. The van der Waals surface area contributed by atoms with Crippen molar-refractivity contribution in [2.45, 2.75) is 51.5 Å². The molecule has 0 spiro atoms. The van der Waals surface area contributed by atoms with Gasteiger partial charge in [-0.05, 0) is 68.5 Å². The van der Waals surface area contributed by atoms with E-state index in [1.165, 1.54) is 12.1 Å². The predicted octanol–water partition coefficient (Wildman–Crippen LogP) is 5.41. The van der Waals surface area contributed by atoms with Crippen molar-refractivity contribution in [2.75, 3.05) is 7.11 Å². The Morgan fingerprint density at radius 3 is 2.32 bits per heavy atom. The van der Waals surface area contributed by atoms with Gasteiger partial charge in [0.05, 0.1) is 29.7 Å². The van der Waals surface area contributed by atoms with Gasteiger partial charge in [-0.25, -0.2) is 4.98 Å². The number of nitrogens with one attached hydrogen (secondary N) is 1. The summed E-state index contributed by atoms with van der Waals surface area (Å²) in [6.07, 6.45) is -3.09. The molecule has 0 bridgehead atoms. The number of alkyl halides is 3. The first-order chi connectivity index (χ1) is 18.0. The minimum Gasteiger partial charge on any atom is -0.497 e. The first-order valence-corrected chi connectivity index (χ1v) is 12.0. The van der Waals surface area contributed by atoms with E-state index in [2.05, 4.69) is 25.4 Å². The Kier molecular flexibility index (Phi) is 7.96. The molecular weight excluding hydrogens is 499 g/mol. The van der Waals surface area contributed by atoms with Gasteiger partial charge in [0.2, 0.25) is 5.88 Å². The Bertz CT molecular complexity index is 1350. The smallest absolute Gasteiger partial charge is 0.416 e. The Morgan fingerprint density at radius 1 is 0.974 bits per heavy atom. The number of aliphatic hydroxyl groups is 1. The van der Waals surface area contributed by atoms with Crippen molar-refractivity contribution in [1.82, 2.24) is 25.4 Å². The molecule has 0 radical (unpaired) electrons. The molecule has 1 unspecified atom stereocenters. The highest BCUT2D eigenvalue weighted by Crippen LogP contribution is 2.33. The van der Waals surface area contributed by atoms with Gasteiger partial charge in [-0.2, -0.15) is 18.2 Å². The molecule has 2 heterocycles. The summed E-state index contributed by atoms with van der Waals surface area (Å²) in [6, 6.07) is 13.8.